The molecule has 0 saturated carbocycles. The molecule has 0 spiro atoms. The van der Waals surface area contributed by atoms with Crippen molar-refractivity contribution in [2.75, 3.05) is 0 Å². The highest BCUT2D eigenvalue weighted by Gasteiger charge is 2.10. The van der Waals surface area contributed by atoms with Crippen LogP contribution in [-0.4, -0.2) is 10.2 Å². The lowest BCUT2D eigenvalue weighted by Gasteiger charge is -1.83. The zero-order valence-corrected chi connectivity index (χ0v) is 9.57. The summed E-state index contributed by atoms with van der Waals surface area (Å²) in [6, 6.07) is 2.03. The van der Waals surface area contributed by atoms with Gasteiger partial charge in [-0.05, 0) is 34.5 Å². The largest absolute Gasteiger partial charge is 0.420 e. The highest BCUT2D eigenvalue weighted by Crippen LogP contribution is 2.33. The van der Waals surface area contributed by atoms with E-state index in [2.05, 4.69) is 26.1 Å². The van der Waals surface area contributed by atoms with Gasteiger partial charge in [0.15, 0.2) is 0 Å². The second kappa shape index (κ2) is 3.23. The van der Waals surface area contributed by atoms with Crippen LogP contribution in [0.3, 0.4) is 0 Å². The Balaban J connectivity index is 2.46. The molecule has 68 valence electrons. The Bertz CT molecular complexity index is 416. The van der Waals surface area contributed by atoms with Crippen molar-refractivity contribution in [3.8, 4) is 10.8 Å². The predicted octanol–water partition coefficient (Wildman–Crippen LogP) is 3.18. The lowest BCUT2D eigenvalue weighted by molar-refractivity contribution is 0.534. The van der Waals surface area contributed by atoms with E-state index in [1.54, 1.807) is 18.3 Å². The molecule has 0 aliphatic rings. The Morgan fingerprint density at radius 1 is 1.38 bits per heavy atom. The van der Waals surface area contributed by atoms with E-state index in [9.17, 15) is 0 Å². The molecular formula is C8H7BrN2OS. The Morgan fingerprint density at radius 2 is 2.15 bits per heavy atom. The molecule has 0 unspecified atom stereocenters. The summed E-state index contributed by atoms with van der Waals surface area (Å²) in [4.78, 5) is 1.00. The van der Waals surface area contributed by atoms with Gasteiger partial charge in [-0.2, -0.15) is 0 Å². The van der Waals surface area contributed by atoms with Gasteiger partial charge in [0.05, 0.1) is 8.66 Å². The standard InChI is InChI=1S/C8H7BrN2OS/c1-4-3-6(13-7(4)9)8-11-10-5(2)12-8/h3H,1-2H3. The first-order valence-electron chi connectivity index (χ1n) is 3.73. The first-order valence-corrected chi connectivity index (χ1v) is 5.34. The van der Waals surface area contributed by atoms with Gasteiger partial charge in [-0.1, -0.05) is 0 Å². The number of hydrogen-bond donors (Lipinski definition) is 0. The molecule has 2 heterocycles. The molecule has 2 aromatic rings. The SMILES string of the molecule is Cc1nnc(-c2cc(C)c(Br)s2)o1. The second-order valence-electron chi connectivity index (χ2n) is 2.69. The summed E-state index contributed by atoms with van der Waals surface area (Å²) in [6.07, 6.45) is 0. The summed E-state index contributed by atoms with van der Waals surface area (Å²) in [5, 5.41) is 7.72. The number of halogens is 1. The van der Waals surface area contributed by atoms with Crippen LogP contribution in [0.2, 0.25) is 0 Å². The number of aryl methyl sites for hydroxylation is 2. The fourth-order valence-corrected chi connectivity index (χ4v) is 2.42. The molecule has 0 aliphatic carbocycles. The molecule has 0 bridgehead atoms. The monoisotopic (exact) mass is 258 g/mol. The smallest absolute Gasteiger partial charge is 0.257 e. The maximum Gasteiger partial charge on any atom is 0.257 e. The third-order valence-corrected chi connectivity index (χ3v) is 3.72. The number of thiophene rings is 1. The van der Waals surface area contributed by atoms with Crippen LogP contribution >= 0.6 is 27.3 Å². The summed E-state index contributed by atoms with van der Waals surface area (Å²) < 4.78 is 6.41. The molecule has 13 heavy (non-hydrogen) atoms. The molecule has 0 saturated heterocycles. The van der Waals surface area contributed by atoms with E-state index in [-0.39, 0.29) is 0 Å². The van der Waals surface area contributed by atoms with Gasteiger partial charge in [0.1, 0.15) is 0 Å². The van der Waals surface area contributed by atoms with Crippen LogP contribution in [-0.2, 0) is 0 Å². The van der Waals surface area contributed by atoms with Gasteiger partial charge in [-0.3, -0.25) is 0 Å². The molecule has 2 rings (SSSR count). The van der Waals surface area contributed by atoms with E-state index in [0.29, 0.717) is 11.8 Å². The Labute approximate surface area is 87.9 Å². The molecule has 0 aromatic carbocycles. The van der Waals surface area contributed by atoms with Gasteiger partial charge in [0.25, 0.3) is 5.89 Å². The third kappa shape index (κ3) is 1.66. The number of hydrogen-bond acceptors (Lipinski definition) is 4. The van der Waals surface area contributed by atoms with Crippen molar-refractivity contribution in [2.45, 2.75) is 13.8 Å². The van der Waals surface area contributed by atoms with Crippen molar-refractivity contribution < 1.29 is 4.42 Å². The topological polar surface area (TPSA) is 38.9 Å². The summed E-state index contributed by atoms with van der Waals surface area (Å²) in [6.45, 7) is 3.82. The van der Waals surface area contributed by atoms with E-state index >= 15 is 0 Å². The van der Waals surface area contributed by atoms with Crippen molar-refractivity contribution in [3.63, 3.8) is 0 Å². The highest BCUT2D eigenvalue weighted by atomic mass is 79.9. The Morgan fingerprint density at radius 3 is 2.62 bits per heavy atom. The van der Waals surface area contributed by atoms with Crippen LogP contribution in [0.25, 0.3) is 10.8 Å². The van der Waals surface area contributed by atoms with E-state index in [0.717, 1.165) is 8.66 Å². The fraction of sp³-hybridized carbons (Fsp3) is 0.250. The van der Waals surface area contributed by atoms with Gasteiger partial charge in [-0.25, -0.2) is 0 Å². The molecule has 2 aromatic heterocycles. The molecule has 0 aliphatic heterocycles. The van der Waals surface area contributed by atoms with E-state index < -0.39 is 0 Å². The summed E-state index contributed by atoms with van der Waals surface area (Å²) in [7, 11) is 0. The van der Waals surface area contributed by atoms with Crippen LogP contribution in [0.1, 0.15) is 11.5 Å². The van der Waals surface area contributed by atoms with Crippen LogP contribution in [0.5, 0.6) is 0 Å². The van der Waals surface area contributed by atoms with Gasteiger partial charge in [-0.15, -0.1) is 21.5 Å². The molecule has 0 fully saturated rings. The average Bonchev–Trinajstić information content (AvgIpc) is 2.61. The normalized spacial score (nSPS) is 10.7. The van der Waals surface area contributed by atoms with Crippen molar-refractivity contribution in [1.29, 1.82) is 0 Å². The van der Waals surface area contributed by atoms with Gasteiger partial charge < -0.3 is 4.42 Å². The molecular weight excluding hydrogens is 252 g/mol. The van der Waals surface area contributed by atoms with Crippen LogP contribution in [0.15, 0.2) is 14.3 Å². The zero-order chi connectivity index (χ0) is 9.42. The van der Waals surface area contributed by atoms with E-state index in [4.69, 9.17) is 4.42 Å². The molecule has 0 amide bonds. The van der Waals surface area contributed by atoms with Crippen molar-refractivity contribution in [3.05, 3.63) is 21.3 Å². The lowest BCUT2D eigenvalue weighted by Crippen LogP contribution is -1.70. The Kier molecular flexibility index (Phi) is 2.21. The van der Waals surface area contributed by atoms with Crippen molar-refractivity contribution >= 4 is 27.3 Å². The van der Waals surface area contributed by atoms with Gasteiger partial charge >= 0.3 is 0 Å². The average molecular weight is 259 g/mol. The van der Waals surface area contributed by atoms with Crippen LogP contribution < -0.4 is 0 Å². The highest BCUT2D eigenvalue weighted by molar-refractivity contribution is 9.11. The number of aromatic nitrogens is 2. The summed E-state index contributed by atoms with van der Waals surface area (Å²) in [5.74, 6) is 1.19. The lowest BCUT2D eigenvalue weighted by atomic mass is 10.3. The molecule has 3 nitrogen and oxygen atoms in total. The summed E-state index contributed by atoms with van der Waals surface area (Å²) >= 11 is 5.05. The minimum Gasteiger partial charge on any atom is -0.420 e. The first kappa shape index (κ1) is 8.90. The van der Waals surface area contributed by atoms with E-state index in [1.165, 1.54) is 5.56 Å². The van der Waals surface area contributed by atoms with Gasteiger partial charge in [0.2, 0.25) is 5.89 Å². The minimum atomic E-state index is 0.594. The molecule has 5 heteroatoms. The fourth-order valence-electron chi connectivity index (χ4n) is 0.961. The van der Waals surface area contributed by atoms with Crippen LogP contribution in [0.4, 0.5) is 0 Å². The number of nitrogens with zero attached hydrogens (tertiary/aromatic N) is 2. The van der Waals surface area contributed by atoms with E-state index in [1.807, 2.05) is 13.0 Å². The second-order valence-corrected chi connectivity index (χ2v) is 5.06. The van der Waals surface area contributed by atoms with Gasteiger partial charge in [0, 0.05) is 6.92 Å². The summed E-state index contributed by atoms with van der Waals surface area (Å²) in [5.41, 5.74) is 1.19. The Hall–Kier alpha value is -0.680. The first-order chi connectivity index (χ1) is 6.16. The predicted molar refractivity (Wildman–Crippen MR) is 54.8 cm³/mol. The van der Waals surface area contributed by atoms with Crippen molar-refractivity contribution in [1.82, 2.24) is 10.2 Å². The molecule has 0 atom stereocenters. The van der Waals surface area contributed by atoms with Crippen LogP contribution in [0, 0.1) is 13.8 Å². The maximum absolute atomic E-state index is 5.31. The molecule has 0 N–H and O–H groups in total. The quantitative estimate of drug-likeness (QED) is 0.789. The van der Waals surface area contributed by atoms with Crippen molar-refractivity contribution in [2.24, 2.45) is 0 Å². The number of rotatable bonds is 1. The maximum atomic E-state index is 5.31. The minimum absolute atomic E-state index is 0.594. The third-order valence-electron chi connectivity index (χ3n) is 1.59. The zero-order valence-electron chi connectivity index (χ0n) is 7.17. The molecule has 0 radical (unpaired) electrons.